The van der Waals surface area contributed by atoms with Crippen LogP contribution >= 0.6 is 22.9 Å². The second-order valence-electron chi connectivity index (χ2n) is 5.52. The molecule has 0 spiro atoms. The monoisotopic (exact) mass is 323 g/mol. The second kappa shape index (κ2) is 7.25. The maximum Gasteiger partial charge on any atom is 0.185 e. The van der Waals surface area contributed by atoms with Gasteiger partial charge in [0.1, 0.15) is 0 Å². The average Bonchev–Trinajstić information content (AvgIpc) is 2.80. The van der Waals surface area contributed by atoms with Crippen LogP contribution in [0.3, 0.4) is 0 Å². The maximum absolute atomic E-state index is 5.92. The molecule has 0 unspecified atom stereocenters. The molecule has 0 amide bonds. The van der Waals surface area contributed by atoms with Crippen LogP contribution in [0, 0.1) is 6.92 Å². The highest BCUT2D eigenvalue weighted by atomic mass is 35.5. The molecule has 0 aliphatic carbocycles. The van der Waals surface area contributed by atoms with Crippen LogP contribution in [0.4, 0.5) is 5.13 Å². The van der Waals surface area contributed by atoms with Gasteiger partial charge >= 0.3 is 0 Å². The smallest absolute Gasteiger partial charge is 0.185 e. The van der Waals surface area contributed by atoms with Gasteiger partial charge in [-0.3, -0.25) is 0 Å². The van der Waals surface area contributed by atoms with E-state index in [9.17, 15) is 0 Å². The number of anilines is 1. The minimum atomic E-state index is 0.488. The second-order valence-corrected chi connectivity index (χ2v) is 7.02. The molecule has 0 aliphatic heterocycles. The predicted molar refractivity (Wildman–Crippen MR) is 92.4 cm³/mol. The molecule has 0 bridgehead atoms. The fourth-order valence-corrected chi connectivity index (χ4v) is 3.07. The van der Waals surface area contributed by atoms with Gasteiger partial charge in [0.15, 0.2) is 5.13 Å². The van der Waals surface area contributed by atoms with Crippen molar-refractivity contribution >= 4 is 28.1 Å². The normalized spacial score (nSPS) is 11.1. The molecule has 1 aromatic heterocycles. The van der Waals surface area contributed by atoms with Crippen molar-refractivity contribution in [3.8, 4) is 0 Å². The molecular formula is C16H22ClN3S. The molecule has 114 valence electrons. The standard InChI is InChI=1S/C16H22ClN3S/c1-11(2)18-9-15-12(3)19-16(21-15)20(4)10-13-5-7-14(17)8-6-13/h5-8,11,18H,9-10H2,1-4H3. The highest BCUT2D eigenvalue weighted by molar-refractivity contribution is 7.15. The van der Waals surface area contributed by atoms with E-state index in [2.05, 4.69) is 55.2 Å². The Labute approximate surface area is 136 Å². The van der Waals surface area contributed by atoms with Crippen LogP contribution in [-0.2, 0) is 13.1 Å². The van der Waals surface area contributed by atoms with E-state index in [4.69, 9.17) is 11.6 Å². The molecule has 5 heteroatoms. The Bertz CT molecular complexity index is 578. The SMILES string of the molecule is Cc1nc(N(C)Cc2ccc(Cl)cc2)sc1CNC(C)C. The lowest BCUT2D eigenvalue weighted by Gasteiger charge is -2.15. The van der Waals surface area contributed by atoms with E-state index in [1.165, 1.54) is 10.4 Å². The van der Waals surface area contributed by atoms with Crippen LogP contribution in [0.1, 0.15) is 30.0 Å². The third-order valence-electron chi connectivity index (χ3n) is 3.21. The molecule has 0 saturated heterocycles. The summed E-state index contributed by atoms with van der Waals surface area (Å²) in [5.74, 6) is 0. The van der Waals surface area contributed by atoms with Gasteiger partial charge in [-0.1, -0.05) is 37.6 Å². The molecule has 0 atom stereocenters. The number of aryl methyl sites for hydroxylation is 1. The Morgan fingerprint density at radius 2 is 1.95 bits per heavy atom. The lowest BCUT2D eigenvalue weighted by molar-refractivity contribution is 0.591. The Hall–Kier alpha value is -1.10. The molecule has 0 radical (unpaired) electrons. The van der Waals surface area contributed by atoms with Crippen molar-refractivity contribution in [1.82, 2.24) is 10.3 Å². The van der Waals surface area contributed by atoms with E-state index in [1.807, 2.05) is 12.1 Å². The van der Waals surface area contributed by atoms with Crippen molar-refractivity contribution < 1.29 is 0 Å². The van der Waals surface area contributed by atoms with Gasteiger partial charge in [0.05, 0.1) is 5.69 Å². The zero-order valence-electron chi connectivity index (χ0n) is 13.0. The van der Waals surface area contributed by atoms with E-state index in [1.54, 1.807) is 11.3 Å². The first-order chi connectivity index (χ1) is 9.95. The number of hydrogen-bond acceptors (Lipinski definition) is 4. The van der Waals surface area contributed by atoms with E-state index < -0.39 is 0 Å². The Morgan fingerprint density at radius 3 is 2.57 bits per heavy atom. The highest BCUT2D eigenvalue weighted by Crippen LogP contribution is 2.26. The number of aromatic nitrogens is 1. The molecular weight excluding hydrogens is 302 g/mol. The molecule has 3 nitrogen and oxygen atoms in total. The molecule has 1 heterocycles. The first kappa shape index (κ1) is 16.3. The summed E-state index contributed by atoms with van der Waals surface area (Å²) in [5, 5.41) is 5.28. The lowest BCUT2D eigenvalue weighted by atomic mass is 10.2. The summed E-state index contributed by atoms with van der Waals surface area (Å²) in [4.78, 5) is 8.17. The van der Waals surface area contributed by atoms with Crippen molar-refractivity contribution in [3.63, 3.8) is 0 Å². The van der Waals surface area contributed by atoms with Crippen LogP contribution in [0.25, 0.3) is 0 Å². The molecule has 2 rings (SSSR count). The summed E-state index contributed by atoms with van der Waals surface area (Å²) in [7, 11) is 2.08. The Kier molecular flexibility index (Phi) is 5.62. The van der Waals surface area contributed by atoms with Crippen LogP contribution in [0.2, 0.25) is 5.02 Å². The third-order valence-corrected chi connectivity index (χ3v) is 4.74. The van der Waals surface area contributed by atoms with Gasteiger partial charge in [0, 0.05) is 36.1 Å². The number of rotatable bonds is 6. The Balaban J connectivity index is 2.03. The van der Waals surface area contributed by atoms with E-state index in [0.29, 0.717) is 6.04 Å². The Morgan fingerprint density at radius 1 is 1.29 bits per heavy atom. The van der Waals surface area contributed by atoms with Gasteiger partial charge in [-0.25, -0.2) is 4.98 Å². The molecule has 0 aliphatic rings. The average molecular weight is 324 g/mol. The van der Waals surface area contributed by atoms with Crippen molar-refractivity contribution in [3.05, 3.63) is 45.4 Å². The maximum atomic E-state index is 5.92. The van der Waals surface area contributed by atoms with Gasteiger partial charge < -0.3 is 10.2 Å². The molecule has 0 fully saturated rings. The largest absolute Gasteiger partial charge is 0.347 e. The minimum Gasteiger partial charge on any atom is -0.347 e. The molecule has 2 aromatic rings. The topological polar surface area (TPSA) is 28.2 Å². The summed E-state index contributed by atoms with van der Waals surface area (Å²) in [6.07, 6.45) is 0. The van der Waals surface area contributed by atoms with Gasteiger partial charge in [0.2, 0.25) is 0 Å². The summed E-state index contributed by atoms with van der Waals surface area (Å²) in [6.45, 7) is 8.11. The van der Waals surface area contributed by atoms with Gasteiger partial charge in [-0.15, -0.1) is 11.3 Å². The van der Waals surface area contributed by atoms with Crippen LogP contribution in [0.15, 0.2) is 24.3 Å². The summed E-state index contributed by atoms with van der Waals surface area (Å²) < 4.78 is 0. The van der Waals surface area contributed by atoms with E-state index >= 15 is 0 Å². The number of hydrogen-bond donors (Lipinski definition) is 1. The van der Waals surface area contributed by atoms with Crippen LogP contribution in [0.5, 0.6) is 0 Å². The summed E-state index contributed by atoms with van der Waals surface area (Å²) >= 11 is 7.68. The molecule has 21 heavy (non-hydrogen) atoms. The van der Waals surface area contributed by atoms with Crippen molar-refractivity contribution in [2.45, 2.75) is 39.9 Å². The predicted octanol–water partition coefficient (Wildman–Crippen LogP) is 4.24. The van der Waals surface area contributed by atoms with E-state index in [0.717, 1.165) is 28.9 Å². The summed E-state index contributed by atoms with van der Waals surface area (Å²) in [6, 6.07) is 8.45. The van der Waals surface area contributed by atoms with E-state index in [-0.39, 0.29) is 0 Å². The van der Waals surface area contributed by atoms with Crippen molar-refractivity contribution in [2.24, 2.45) is 0 Å². The number of nitrogens with zero attached hydrogens (tertiary/aromatic N) is 2. The zero-order chi connectivity index (χ0) is 15.4. The van der Waals surface area contributed by atoms with Crippen molar-refractivity contribution in [1.29, 1.82) is 0 Å². The van der Waals surface area contributed by atoms with Crippen LogP contribution in [-0.4, -0.2) is 18.1 Å². The quantitative estimate of drug-likeness (QED) is 0.861. The number of nitrogens with one attached hydrogen (secondary N) is 1. The number of halogens is 1. The van der Waals surface area contributed by atoms with Gasteiger partial charge in [0.25, 0.3) is 0 Å². The van der Waals surface area contributed by atoms with Gasteiger partial charge in [-0.05, 0) is 24.6 Å². The highest BCUT2D eigenvalue weighted by Gasteiger charge is 2.11. The first-order valence-electron chi connectivity index (χ1n) is 7.11. The van der Waals surface area contributed by atoms with Crippen LogP contribution < -0.4 is 10.2 Å². The van der Waals surface area contributed by atoms with Gasteiger partial charge in [-0.2, -0.15) is 0 Å². The van der Waals surface area contributed by atoms with Crippen molar-refractivity contribution in [2.75, 3.05) is 11.9 Å². The lowest BCUT2D eigenvalue weighted by Crippen LogP contribution is -2.21. The fourth-order valence-electron chi connectivity index (χ4n) is 1.97. The fraction of sp³-hybridized carbons (Fsp3) is 0.438. The summed E-state index contributed by atoms with van der Waals surface area (Å²) in [5.41, 5.74) is 2.35. The first-order valence-corrected chi connectivity index (χ1v) is 8.30. The third kappa shape index (κ3) is 4.70. The number of benzene rings is 1. The minimum absolute atomic E-state index is 0.488. The molecule has 1 aromatic carbocycles. The zero-order valence-corrected chi connectivity index (χ0v) is 14.6. The number of thiazole rings is 1. The molecule has 0 saturated carbocycles. The molecule has 1 N–H and O–H groups in total.